The summed E-state index contributed by atoms with van der Waals surface area (Å²) in [7, 11) is 2.02. The second-order valence-electron chi connectivity index (χ2n) is 8.29. The van der Waals surface area contributed by atoms with Gasteiger partial charge in [0.05, 0.1) is 0 Å². The van der Waals surface area contributed by atoms with Crippen LogP contribution in [-0.4, -0.2) is 26.7 Å². The molecule has 0 aliphatic heterocycles. The van der Waals surface area contributed by atoms with Crippen LogP contribution in [0.25, 0.3) is 0 Å². The van der Waals surface area contributed by atoms with Crippen molar-refractivity contribution in [3.8, 4) is 0 Å². The van der Waals surface area contributed by atoms with Crippen molar-refractivity contribution in [3.63, 3.8) is 0 Å². The summed E-state index contributed by atoms with van der Waals surface area (Å²) in [6, 6.07) is 0. The molecule has 0 bridgehead atoms. The number of hydrogen-bond acceptors (Lipinski definition) is 2. The Balaban J connectivity index is 4.20. The van der Waals surface area contributed by atoms with Gasteiger partial charge in [0.1, 0.15) is 0 Å². The summed E-state index contributed by atoms with van der Waals surface area (Å²) in [5.74, 6) is 0.750. The summed E-state index contributed by atoms with van der Waals surface area (Å²) in [4.78, 5) is 0. The summed E-state index contributed by atoms with van der Waals surface area (Å²) in [5, 5.41) is 6.82. The second kappa shape index (κ2) is 10.4. The molecule has 0 aromatic carbocycles. The topological polar surface area (TPSA) is 24.1 Å². The lowest BCUT2D eigenvalue weighted by atomic mass is 9.68. The van der Waals surface area contributed by atoms with E-state index in [1.54, 1.807) is 0 Å². The van der Waals surface area contributed by atoms with Gasteiger partial charge in [0, 0.05) is 0 Å². The number of unbranched alkanes of at least 4 members (excludes halogenated alkanes) is 1. The molecule has 126 valence electrons. The fraction of sp³-hybridized carbons (Fsp3) is 0.895. The van der Waals surface area contributed by atoms with Crippen molar-refractivity contribution in [1.82, 2.24) is 10.6 Å². The molecule has 2 heteroatoms. The minimum absolute atomic E-state index is 0.350. The minimum Gasteiger partial charge on any atom is -0.320 e. The Morgan fingerprint density at radius 3 is 2.14 bits per heavy atom. The Kier molecular flexibility index (Phi) is 10.2. The highest BCUT2D eigenvalue weighted by Gasteiger charge is 2.31. The monoisotopic (exact) mass is 296 g/mol. The van der Waals surface area contributed by atoms with Gasteiger partial charge in [-0.3, -0.25) is 0 Å². The molecule has 1 unspecified atom stereocenters. The van der Waals surface area contributed by atoms with Crippen LogP contribution in [-0.2, 0) is 0 Å². The molecule has 0 rings (SSSR count). The van der Waals surface area contributed by atoms with Crippen LogP contribution in [0.2, 0.25) is 0 Å². The highest BCUT2D eigenvalue weighted by molar-refractivity contribution is 4.87. The Bertz CT molecular complexity index is 263. The summed E-state index contributed by atoms with van der Waals surface area (Å²) >= 11 is 0. The smallest absolute Gasteiger partial charge is 0.00461 e. The average molecular weight is 297 g/mol. The molecule has 0 amide bonds. The molecule has 0 radical (unpaired) electrons. The summed E-state index contributed by atoms with van der Waals surface area (Å²) in [6.45, 7) is 19.2. The predicted molar refractivity (Wildman–Crippen MR) is 96.8 cm³/mol. The molecule has 2 nitrogen and oxygen atoms in total. The maximum atomic E-state index is 3.94. The summed E-state index contributed by atoms with van der Waals surface area (Å²) in [5.41, 5.74) is 0.749. The minimum atomic E-state index is 0.350. The molecular formula is C19H40N2. The molecule has 0 aliphatic rings. The SMILES string of the molecule is C=CCC(C)(C)C(CCNCCCCNC)CC(C)(C)C. The molecule has 0 saturated heterocycles. The lowest BCUT2D eigenvalue weighted by Crippen LogP contribution is -2.31. The van der Waals surface area contributed by atoms with E-state index >= 15 is 0 Å². The van der Waals surface area contributed by atoms with E-state index < -0.39 is 0 Å². The van der Waals surface area contributed by atoms with Crippen LogP contribution >= 0.6 is 0 Å². The lowest BCUT2D eigenvalue weighted by molar-refractivity contribution is 0.139. The Labute approximate surface area is 134 Å². The van der Waals surface area contributed by atoms with Crippen LogP contribution in [0.1, 0.15) is 66.7 Å². The summed E-state index contributed by atoms with van der Waals surface area (Å²) < 4.78 is 0. The molecular weight excluding hydrogens is 256 g/mol. The molecule has 0 saturated carbocycles. The predicted octanol–water partition coefficient (Wildman–Crippen LogP) is 4.62. The zero-order valence-electron chi connectivity index (χ0n) is 15.5. The zero-order chi connectivity index (χ0) is 16.4. The highest BCUT2D eigenvalue weighted by atomic mass is 14.8. The van der Waals surface area contributed by atoms with Gasteiger partial charge in [-0.05, 0) is 75.5 Å². The van der Waals surface area contributed by atoms with Crippen molar-refractivity contribution in [2.45, 2.75) is 66.7 Å². The van der Waals surface area contributed by atoms with E-state index in [9.17, 15) is 0 Å². The first-order valence-electron chi connectivity index (χ1n) is 8.69. The van der Waals surface area contributed by atoms with Crippen molar-refractivity contribution in [1.29, 1.82) is 0 Å². The highest BCUT2D eigenvalue weighted by Crippen LogP contribution is 2.40. The number of nitrogens with one attached hydrogen (secondary N) is 2. The van der Waals surface area contributed by atoms with Crippen LogP contribution in [0, 0.1) is 16.7 Å². The average Bonchev–Trinajstić information content (AvgIpc) is 2.34. The van der Waals surface area contributed by atoms with Crippen LogP contribution in [0.4, 0.5) is 0 Å². The van der Waals surface area contributed by atoms with E-state index in [0.29, 0.717) is 10.8 Å². The molecule has 0 aromatic heterocycles. The van der Waals surface area contributed by atoms with Gasteiger partial charge in [0.15, 0.2) is 0 Å². The van der Waals surface area contributed by atoms with E-state index in [2.05, 4.69) is 57.9 Å². The van der Waals surface area contributed by atoms with Crippen LogP contribution < -0.4 is 10.6 Å². The van der Waals surface area contributed by atoms with Crippen LogP contribution in [0.15, 0.2) is 12.7 Å². The zero-order valence-corrected chi connectivity index (χ0v) is 15.5. The molecule has 0 aromatic rings. The van der Waals surface area contributed by atoms with Gasteiger partial charge >= 0.3 is 0 Å². The molecule has 0 heterocycles. The first-order chi connectivity index (χ1) is 9.73. The Morgan fingerprint density at radius 1 is 1.00 bits per heavy atom. The molecule has 1 atom stereocenters. The molecule has 21 heavy (non-hydrogen) atoms. The maximum absolute atomic E-state index is 3.94. The first-order valence-corrected chi connectivity index (χ1v) is 8.69. The van der Waals surface area contributed by atoms with E-state index in [4.69, 9.17) is 0 Å². The number of rotatable bonds is 12. The van der Waals surface area contributed by atoms with Crippen molar-refractivity contribution in [3.05, 3.63) is 12.7 Å². The standard InChI is InChI=1S/C19H40N2/c1-8-12-19(5,6)17(16-18(2,3)4)11-15-21-14-10-9-13-20-7/h8,17,20-21H,1,9-16H2,2-7H3. The number of hydrogen-bond donors (Lipinski definition) is 2. The fourth-order valence-electron chi connectivity index (χ4n) is 3.00. The Hall–Kier alpha value is -0.340. The van der Waals surface area contributed by atoms with Gasteiger partial charge in [-0.15, -0.1) is 6.58 Å². The van der Waals surface area contributed by atoms with E-state index in [1.165, 1.54) is 25.7 Å². The van der Waals surface area contributed by atoms with Crippen LogP contribution in [0.5, 0.6) is 0 Å². The number of allylic oxidation sites excluding steroid dienone is 1. The fourth-order valence-corrected chi connectivity index (χ4v) is 3.00. The van der Waals surface area contributed by atoms with Crippen molar-refractivity contribution >= 4 is 0 Å². The van der Waals surface area contributed by atoms with E-state index in [0.717, 1.165) is 32.0 Å². The van der Waals surface area contributed by atoms with Crippen molar-refractivity contribution in [2.24, 2.45) is 16.7 Å². The van der Waals surface area contributed by atoms with Gasteiger partial charge in [0.25, 0.3) is 0 Å². The van der Waals surface area contributed by atoms with Crippen molar-refractivity contribution < 1.29 is 0 Å². The van der Waals surface area contributed by atoms with Gasteiger partial charge in [0.2, 0.25) is 0 Å². The third kappa shape index (κ3) is 11.0. The normalized spacial score (nSPS) is 14.2. The molecule has 0 aliphatic carbocycles. The maximum Gasteiger partial charge on any atom is -0.00461 e. The first kappa shape index (κ1) is 20.7. The van der Waals surface area contributed by atoms with Gasteiger partial charge in [-0.25, -0.2) is 0 Å². The van der Waals surface area contributed by atoms with Crippen LogP contribution in [0.3, 0.4) is 0 Å². The summed E-state index contributed by atoms with van der Waals surface area (Å²) in [6.07, 6.45) is 8.27. The Morgan fingerprint density at radius 2 is 1.62 bits per heavy atom. The van der Waals surface area contributed by atoms with Gasteiger partial charge in [-0.1, -0.05) is 40.7 Å². The molecule has 0 fully saturated rings. The van der Waals surface area contributed by atoms with E-state index in [1.807, 2.05) is 7.05 Å². The third-order valence-corrected chi connectivity index (χ3v) is 4.33. The molecule has 0 spiro atoms. The second-order valence-corrected chi connectivity index (χ2v) is 8.29. The quantitative estimate of drug-likeness (QED) is 0.405. The van der Waals surface area contributed by atoms with Gasteiger partial charge in [-0.2, -0.15) is 0 Å². The van der Waals surface area contributed by atoms with Gasteiger partial charge < -0.3 is 10.6 Å². The van der Waals surface area contributed by atoms with E-state index in [-0.39, 0.29) is 0 Å². The lowest BCUT2D eigenvalue weighted by Gasteiger charge is -2.38. The van der Waals surface area contributed by atoms with Crippen molar-refractivity contribution in [2.75, 3.05) is 26.7 Å². The molecule has 2 N–H and O–H groups in total. The third-order valence-electron chi connectivity index (χ3n) is 4.33. The largest absolute Gasteiger partial charge is 0.320 e.